The largest absolute Gasteiger partial charge is 0.507 e. The molecule has 2 aliphatic carbocycles. The van der Waals surface area contributed by atoms with E-state index in [1.165, 1.54) is 18.2 Å². The van der Waals surface area contributed by atoms with Crippen LogP contribution < -0.4 is 5.73 Å². The van der Waals surface area contributed by atoms with Gasteiger partial charge < -0.3 is 35.6 Å². The van der Waals surface area contributed by atoms with Crippen LogP contribution in [0.4, 0.5) is 0 Å². The van der Waals surface area contributed by atoms with Gasteiger partial charge in [-0.05, 0) is 6.92 Å². The van der Waals surface area contributed by atoms with Gasteiger partial charge in [0.15, 0.2) is 23.6 Å². The molecule has 2 aromatic rings. The first-order valence-corrected chi connectivity index (χ1v) is 12.4. The van der Waals surface area contributed by atoms with E-state index in [4.69, 9.17) is 15.2 Å². The summed E-state index contributed by atoms with van der Waals surface area (Å²) in [6.45, 7) is 5.16. The molecule has 10 heteroatoms. The number of hydrogen-bond donors (Lipinski definition) is 5. The second-order valence-corrected chi connectivity index (χ2v) is 10.2. The SMILES string of the molecule is C=CCC(=O)[C@]1(O)Cc2c(O)c3c(c(O)c2[C@@H](O[C@H]2C[C@H](N)[C@@H](O)[C@H](C)O2)C1)C(=O)c1ccccc1C3=O. The van der Waals surface area contributed by atoms with Crippen LogP contribution in [0.3, 0.4) is 0 Å². The standard InChI is InChI=1S/C28H29NO9/c1-3-6-18(30)28(36)10-15-20(17(11-28)38-19-9-16(29)23(31)12(2)37-19)27(35)22-21(26(15)34)24(32)13-7-4-5-8-14(13)25(22)33/h3-5,7-8,12,16-17,19,23,31,34-36H,1,6,9-11,29H2,2H3/t12-,16-,17-,19-,23-,28-/m0/s1. The van der Waals surface area contributed by atoms with Crippen LogP contribution >= 0.6 is 0 Å². The Morgan fingerprint density at radius 3 is 2.37 bits per heavy atom. The number of Topliss-reactive ketones (excluding diaryl/α,β-unsaturated/α-hetero) is 1. The van der Waals surface area contributed by atoms with E-state index in [1.54, 1.807) is 19.1 Å². The van der Waals surface area contributed by atoms with Crippen molar-refractivity contribution in [3.63, 3.8) is 0 Å². The number of aliphatic hydroxyl groups is 2. The summed E-state index contributed by atoms with van der Waals surface area (Å²) in [7, 11) is 0. The number of aromatic hydroxyl groups is 2. The number of ether oxygens (including phenoxy) is 2. The minimum Gasteiger partial charge on any atom is -0.507 e. The molecule has 1 fully saturated rings. The first kappa shape index (κ1) is 26.2. The van der Waals surface area contributed by atoms with Gasteiger partial charge in [-0.3, -0.25) is 14.4 Å². The lowest BCUT2D eigenvalue weighted by molar-refractivity contribution is -0.247. The Bertz CT molecular complexity index is 1360. The lowest BCUT2D eigenvalue weighted by atomic mass is 9.71. The van der Waals surface area contributed by atoms with E-state index in [9.17, 15) is 34.8 Å². The Morgan fingerprint density at radius 2 is 1.79 bits per heavy atom. The second kappa shape index (κ2) is 9.40. The minimum absolute atomic E-state index is 0.0196. The number of fused-ring (bicyclic) bond motifs is 3. The van der Waals surface area contributed by atoms with Crippen molar-refractivity contribution in [2.75, 3.05) is 0 Å². The Balaban J connectivity index is 1.67. The van der Waals surface area contributed by atoms with E-state index < -0.39 is 77.1 Å². The molecule has 3 aliphatic rings. The molecule has 10 nitrogen and oxygen atoms in total. The van der Waals surface area contributed by atoms with E-state index >= 15 is 0 Å². The minimum atomic E-state index is -2.04. The molecule has 38 heavy (non-hydrogen) atoms. The quantitative estimate of drug-likeness (QED) is 0.244. The number of phenols is 2. The molecular weight excluding hydrogens is 494 g/mol. The van der Waals surface area contributed by atoms with Crippen molar-refractivity contribution in [2.45, 2.75) is 68.9 Å². The van der Waals surface area contributed by atoms with E-state index in [2.05, 4.69) is 6.58 Å². The normalized spacial score (nSPS) is 30.3. The Morgan fingerprint density at radius 1 is 1.18 bits per heavy atom. The molecule has 5 rings (SSSR count). The van der Waals surface area contributed by atoms with Gasteiger partial charge in [0.05, 0.1) is 29.4 Å². The van der Waals surface area contributed by atoms with Crippen molar-refractivity contribution in [1.29, 1.82) is 0 Å². The molecule has 0 spiro atoms. The monoisotopic (exact) mass is 523 g/mol. The number of nitrogens with two attached hydrogens (primary N) is 1. The highest BCUT2D eigenvalue weighted by Gasteiger charge is 2.49. The Labute approximate surface area is 218 Å². The molecule has 200 valence electrons. The number of hydrogen-bond acceptors (Lipinski definition) is 10. The predicted molar refractivity (Wildman–Crippen MR) is 133 cm³/mol. The third kappa shape index (κ3) is 3.96. The number of benzene rings is 2. The van der Waals surface area contributed by atoms with Crippen LogP contribution in [0, 0.1) is 0 Å². The van der Waals surface area contributed by atoms with Gasteiger partial charge in [0.25, 0.3) is 0 Å². The molecule has 0 bridgehead atoms. The highest BCUT2D eigenvalue weighted by molar-refractivity contribution is 6.30. The van der Waals surface area contributed by atoms with Gasteiger partial charge in [-0.2, -0.15) is 0 Å². The summed E-state index contributed by atoms with van der Waals surface area (Å²) in [5.41, 5.74) is 3.28. The molecule has 2 aromatic carbocycles. The molecule has 0 amide bonds. The Hall–Kier alpha value is -3.41. The molecule has 0 aromatic heterocycles. The number of carbonyl (C=O) groups excluding carboxylic acids is 3. The zero-order valence-corrected chi connectivity index (χ0v) is 20.7. The summed E-state index contributed by atoms with van der Waals surface area (Å²) in [5.74, 6) is -3.10. The summed E-state index contributed by atoms with van der Waals surface area (Å²) in [4.78, 5) is 39.7. The Kier molecular flexibility index (Phi) is 6.49. The molecule has 0 radical (unpaired) electrons. The number of ketones is 3. The van der Waals surface area contributed by atoms with Crippen molar-refractivity contribution in [3.05, 3.63) is 70.3 Å². The van der Waals surface area contributed by atoms with Crippen LogP contribution in [-0.4, -0.2) is 67.9 Å². The maximum atomic E-state index is 13.4. The van der Waals surface area contributed by atoms with Crippen molar-refractivity contribution < 1.29 is 44.3 Å². The van der Waals surface area contributed by atoms with Gasteiger partial charge in [0.1, 0.15) is 17.1 Å². The smallest absolute Gasteiger partial charge is 0.198 e. The topological polar surface area (TPSA) is 177 Å². The van der Waals surface area contributed by atoms with Gasteiger partial charge in [-0.15, -0.1) is 6.58 Å². The molecule has 0 unspecified atom stereocenters. The third-order valence-corrected chi connectivity index (χ3v) is 7.69. The van der Waals surface area contributed by atoms with E-state index in [0.717, 1.165) is 0 Å². The van der Waals surface area contributed by atoms with Gasteiger partial charge in [-0.25, -0.2) is 0 Å². The van der Waals surface area contributed by atoms with Crippen LogP contribution in [0.5, 0.6) is 11.5 Å². The fourth-order valence-corrected chi connectivity index (χ4v) is 5.69. The fraction of sp³-hybridized carbons (Fsp3) is 0.393. The van der Waals surface area contributed by atoms with Crippen molar-refractivity contribution >= 4 is 17.3 Å². The van der Waals surface area contributed by atoms with Gasteiger partial charge >= 0.3 is 0 Å². The average Bonchev–Trinajstić information content (AvgIpc) is 2.87. The zero-order chi connectivity index (χ0) is 27.5. The van der Waals surface area contributed by atoms with E-state index in [-0.39, 0.29) is 47.1 Å². The molecule has 6 atom stereocenters. The number of carbonyl (C=O) groups is 3. The van der Waals surface area contributed by atoms with E-state index in [0.29, 0.717) is 0 Å². The average molecular weight is 524 g/mol. The lowest BCUT2D eigenvalue weighted by Crippen LogP contribution is -2.52. The van der Waals surface area contributed by atoms with Gasteiger partial charge in [-0.1, -0.05) is 30.3 Å². The molecule has 6 N–H and O–H groups in total. The molecule has 1 aliphatic heterocycles. The fourth-order valence-electron chi connectivity index (χ4n) is 5.69. The molecule has 1 heterocycles. The first-order chi connectivity index (χ1) is 18.0. The predicted octanol–water partition coefficient (Wildman–Crippen LogP) is 1.58. The highest BCUT2D eigenvalue weighted by Crippen LogP contribution is 2.52. The van der Waals surface area contributed by atoms with Crippen LogP contribution in [0.15, 0.2) is 36.9 Å². The number of allylic oxidation sites excluding steroid dienone is 1. The maximum absolute atomic E-state index is 13.4. The molecule has 0 saturated carbocycles. The number of aliphatic hydroxyl groups excluding tert-OH is 1. The third-order valence-electron chi connectivity index (χ3n) is 7.69. The summed E-state index contributed by atoms with van der Waals surface area (Å²) in [6.07, 6.45) is -3.37. The first-order valence-electron chi connectivity index (χ1n) is 12.4. The van der Waals surface area contributed by atoms with Crippen LogP contribution in [0.2, 0.25) is 0 Å². The second-order valence-electron chi connectivity index (χ2n) is 10.2. The van der Waals surface area contributed by atoms with Crippen molar-refractivity contribution in [2.24, 2.45) is 5.73 Å². The highest BCUT2D eigenvalue weighted by atomic mass is 16.7. The molecular formula is C28H29NO9. The van der Waals surface area contributed by atoms with Gasteiger partial charge in [0, 0.05) is 54.0 Å². The van der Waals surface area contributed by atoms with Crippen LogP contribution in [0.25, 0.3) is 0 Å². The summed E-state index contributed by atoms with van der Waals surface area (Å²) in [6, 6.07) is 5.38. The summed E-state index contributed by atoms with van der Waals surface area (Å²) in [5, 5.41) is 44.3. The van der Waals surface area contributed by atoms with Crippen LogP contribution in [0.1, 0.15) is 75.3 Å². The van der Waals surface area contributed by atoms with Crippen molar-refractivity contribution in [3.8, 4) is 11.5 Å². The molecule has 1 saturated heterocycles. The number of phenolic OH excluding ortho intramolecular Hbond substituents is 2. The summed E-state index contributed by atoms with van der Waals surface area (Å²) >= 11 is 0. The van der Waals surface area contributed by atoms with Gasteiger partial charge in [0.2, 0.25) is 0 Å². The maximum Gasteiger partial charge on any atom is 0.198 e. The lowest BCUT2D eigenvalue weighted by Gasteiger charge is -2.42. The van der Waals surface area contributed by atoms with Crippen molar-refractivity contribution in [1.82, 2.24) is 0 Å². The number of rotatable bonds is 5. The van der Waals surface area contributed by atoms with Crippen LogP contribution in [-0.2, 0) is 20.7 Å². The summed E-state index contributed by atoms with van der Waals surface area (Å²) < 4.78 is 11.8. The zero-order valence-electron chi connectivity index (χ0n) is 20.7. The van der Waals surface area contributed by atoms with E-state index in [1.807, 2.05) is 0 Å².